The summed E-state index contributed by atoms with van der Waals surface area (Å²) in [5.74, 6) is -0.901. The molecule has 0 bridgehead atoms. The van der Waals surface area contributed by atoms with Crippen molar-refractivity contribution in [3.05, 3.63) is 58.6 Å². The van der Waals surface area contributed by atoms with Crippen molar-refractivity contribution in [2.75, 3.05) is 5.32 Å². The van der Waals surface area contributed by atoms with Crippen molar-refractivity contribution in [2.24, 2.45) is 0 Å². The average molecular weight is 311 g/mol. The van der Waals surface area contributed by atoms with E-state index in [0.29, 0.717) is 10.2 Å². The Morgan fingerprint density at radius 2 is 2.00 bits per heavy atom. The third-order valence-electron chi connectivity index (χ3n) is 2.79. The highest BCUT2D eigenvalue weighted by atomic mass is 35.5. The Balaban J connectivity index is 1.81. The topological polar surface area (TPSA) is 24.9 Å². The zero-order chi connectivity index (χ0) is 14.1. The molecule has 0 aliphatic rings. The molecule has 3 aromatic rings. The Kier molecular flexibility index (Phi) is 3.54. The zero-order valence-corrected chi connectivity index (χ0v) is 11.7. The second kappa shape index (κ2) is 5.34. The summed E-state index contributed by atoms with van der Waals surface area (Å²) >= 11 is 7.32. The summed E-state index contributed by atoms with van der Waals surface area (Å²) in [5, 5.41) is 4.28. The molecule has 1 aromatic heterocycles. The number of aromatic nitrogens is 1. The highest BCUT2D eigenvalue weighted by molar-refractivity contribution is 7.22. The lowest BCUT2D eigenvalue weighted by molar-refractivity contribution is 0.587. The summed E-state index contributed by atoms with van der Waals surface area (Å²) in [5.41, 5.74) is 1.09. The molecule has 2 aromatic carbocycles. The van der Waals surface area contributed by atoms with E-state index in [9.17, 15) is 8.78 Å². The van der Waals surface area contributed by atoms with Gasteiger partial charge in [-0.1, -0.05) is 22.9 Å². The molecule has 0 fully saturated rings. The molecular formula is C14H9ClF2N2S. The second-order valence-electron chi connectivity index (χ2n) is 4.22. The minimum atomic E-state index is -0.459. The minimum Gasteiger partial charge on any atom is -0.357 e. The van der Waals surface area contributed by atoms with Crippen LogP contribution in [0.15, 0.2) is 36.4 Å². The maximum absolute atomic E-state index is 13.5. The summed E-state index contributed by atoms with van der Waals surface area (Å²) in [4.78, 5) is 4.35. The molecule has 0 spiro atoms. The van der Waals surface area contributed by atoms with Crippen LogP contribution >= 0.6 is 22.9 Å². The number of halogens is 3. The van der Waals surface area contributed by atoms with Crippen LogP contribution in [0, 0.1) is 11.6 Å². The lowest BCUT2D eigenvalue weighted by Gasteiger charge is -2.04. The highest BCUT2D eigenvalue weighted by Gasteiger charge is 2.07. The van der Waals surface area contributed by atoms with Gasteiger partial charge in [-0.05, 0) is 36.4 Å². The van der Waals surface area contributed by atoms with E-state index in [4.69, 9.17) is 11.6 Å². The molecule has 102 valence electrons. The number of hydrogen-bond donors (Lipinski definition) is 1. The summed E-state index contributed by atoms with van der Waals surface area (Å²) in [6, 6.07) is 8.79. The molecule has 0 aliphatic carbocycles. The molecule has 0 radical (unpaired) electrons. The van der Waals surface area contributed by atoms with Gasteiger partial charge < -0.3 is 5.32 Å². The fourth-order valence-electron chi connectivity index (χ4n) is 1.82. The van der Waals surface area contributed by atoms with E-state index < -0.39 is 11.6 Å². The summed E-state index contributed by atoms with van der Waals surface area (Å²) in [7, 11) is 0. The van der Waals surface area contributed by atoms with Crippen molar-refractivity contribution in [1.82, 2.24) is 4.98 Å². The number of nitrogens with one attached hydrogen (secondary N) is 1. The summed E-state index contributed by atoms with van der Waals surface area (Å²) < 4.78 is 27.5. The van der Waals surface area contributed by atoms with Crippen molar-refractivity contribution < 1.29 is 8.78 Å². The average Bonchev–Trinajstić information content (AvgIpc) is 2.81. The van der Waals surface area contributed by atoms with Crippen molar-refractivity contribution in [1.29, 1.82) is 0 Å². The smallest absolute Gasteiger partial charge is 0.184 e. The number of benzene rings is 2. The first-order valence-corrected chi connectivity index (χ1v) is 7.05. The molecule has 0 aliphatic heterocycles. The van der Waals surface area contributed by atoms with Gasteiger partial charge in [0.15, 0.2) is 5.13 Å². The van der Waals surface area contributed by atoms with E-state index in [0.717, 1.165) is 22.3 Å². The number of nitrogens with zero attached hydrogens (tertiary/aromatic N) is 1. The van der Waals surface area contributed by atoms with Crippen LogP contribution in [-0.4, -0.2) is 4.98 Å². The van der Waals surface area contributed by atoms with Gasteiger partial charge in [-0.3, -0.25) is 0 Å². The third kappa shape index (κ3) is 2.73. The molecule has 1 heterocycles. The first-order chi connectivity index (χ1) is 9.61. The Morgan fingerprint density at radius 1 is 1.15 bits per heavy atom. The summed E-state index contributed by atoms with van der Waals surface area (Å²) in [6.07, 6.45) is 0. The van der Waals surface area contributed by atoms with Gasteiger partial charge in [-0.15, -0.1) is 0 Å². The molecular weight excluding hydrogens is 302 g/mol. The lowest BCUT2D eigenvalue weighted by atomic mass is 10.2. The molecule has 0 saturated carbocycles. The number of fused-ring (bicyclic) bond motifs is 1. The van der Waals surface area contributed by atoms with Crippen molar-refractivity contribution in [2.45, 2.75) is 6.54 Å². The SMILES string of the molecule is Fc1ccc(F)c(CNc2nc3ccc(Cl)cc3s2)c1. The number of hydrogen-bond acceptors (Lipinski definition) is 3. The van der Waals surface area contributed by atoms with Crippen LogP contribution in [0.1, 0.15) is 5.56 Å². The molecule has 0 unspecified atom stereocenters. The second-order valence-corrected chi connectivity index (χ2v) is 5.69. The largest absolute Gasteiger partial charge is 0.357 e. The molecule has 0 amide bonds. The number of rotatable bonds is 3. The molecule has 20 heavy (non-hydrogen) atoms. The summed E-state index contributed by atoms with van der Waals surface area (Å²) in [6.45, 7) is 0.178. The zero-order valence-electron chi connectivity index (χ0n) is 10.2. The van der Waals surface area contributed by atoms with Crippen molar-refractivity contribution >= 4 is 38.3 Å². The van der Waals surface area contributed by atoms with Crippen LogP contribution in [0.5, 0.6) is 0 Å². The van der Waals surface area contributed by atoms with Gasteiger partial charge in [0.05, 0.1) is 10.2 Å². The molecule has 0 atom stereocenters. The molecule has 6 heteroatoms. The quantitative estimate of drug-likeness (QED) is 0.748. The van der Waals surface area contributed by atoms with Crippen LogP contribution in [-0.2, 0) is 6.54 Å². The number of anilines is 1. The van der Waals surface area contributed by atoms with Crippen LogP contribution in [0.25, 0.3) is 10.2 Å². The van der Waals surface area contributed by atoms with E-state index in [1.165, 1.54) is 17.4 Å². The van der Waals surface area contributed by atoms with Crippen LogP contribution in [0.2, 0.25) is 5.02 Å². The maximum Gasteiger partial charge on any atom is 0.184 e. The van der Waals surface area contributed by atoms with Gasteiger partial charge in [0.2, 0.25) is 0 Å². The highest BCUT2D eigenvalue weighted by Crippen LogP contribution is 2.28. The first-order valence-electron chi connectivity index (χ1n) is 5.86. The van der Waals surface area contributed by atoms with Gasteiger partial charge in [0.1, 0.15) is 11.6 Å². The normalized spacial score (nSPS) is 10.9. The van der Waals surface area contributed by atoms with Crippen LogP contribution < -0.4 is 5.32 Å². The molecule has 1 N–H and O–H groups in total. The van der Waals surface area contributed by atoms with Crippen molar-refractivity contribution in [3.8, 4) is 0 Å². The van der Waals surface area contributed by atoms with Crippen molar-refractivity contribution in [3.63, 3.8) is 0 Å². The predicted octanol–water partition coefficient (Wildman–Crippen LogP) is 4.84. The molecule has 0 saturated heterocycles. The molecule has 3 rings (SSSR count). The van der Waals surface area contributed by atoms with Crippen LogP contribution in [0.3, 0.4) is 0 Å². The maximum atomic E-state index is 13.5. The Morgan fingerprint density at radius 3 is 2.85 bits per heavy atom. The fraction of sp³-hybridized carbons (Fsp3) is 0.0714. The van der Waals surface area contributed by atoms with Gasteiger partial charge in [-0.2, -0.15) is 0 Å². The molecule has 2 nitrogen and oxygen atoms in total. The van der Waals surface area contributed by atoms with Gasteiger partial charge in [0.25, 0.3) is 0 Å². The Bertz CT molecular complexity index is 773. The van der Waals surface area contributed by atoms with Gasteiger partial charge >= 0.3 is 0 Å². The number of thiazole rings is 1. The first kappa shape index (κ1) is 13.3. The standard InChI is InChI=1S/C14H9ClF2N2S/c15-9-1-4-12-13(6-9)20-14(19-12)18-7-8-5-10(16)2-3-11(8)17/h1-6H,7H2,(H,18,19). The minimum absolute atomic E-state index is 0.178. The van der Waals surface area contributed by atoms with E-state index >= 15 is 0 Å². The van der Waals surface area contributed by atoms with E-state index in [-0.39, 0.29) is 12.1 Å². The van der Waals surface area contributed by atoms with E-state index in [2.05, 4.69) is 10.3 Å². The van der Waals surface area contributed by atoms with E-state index in [1.807, 2.05) is 12.1 Å². The Hall–Kier alpha value is -1.72. The fourth-order valence-corrected chi connectivity index (χ4v) is 2.96. The van der Waals surface area contributed by atoms with Gasteiger partial charge in [0, 0.05) is 17.1 Å². The lowest BCUT2D eigenvalue weighted by Crippen LogP contribution is -2.01. The van der Waals surface area contributed by atoms with E-state index in [1.54, 1.807) is 6.07 Å². The predicted molar refractivity (Wildman–Crippen MR) is 78.3 cm³/mol. The Labute approximate surface area is 123 Å². The van der Waals surface area contributed by atoms with Gasteiger partial charge in [-0.25, -0.2) is 13.8 Å². The van der Waals surface area contributed by atoms with Crippen LogP contribution in [0.4, 0.5) is 13.9 Å². The monoisotopic (exact) mass is 310 g/mol. The third-order valence-corrected chi connectivity index (χ3v) is 4.00.